The molecule has 0 aliphatic heterocycles. The maximum absolute atomic E-state index is 12.6. The molecule has 5 N–H and O–H groups in total. The molecule has 30 heavy (non-hydrogen) atoms. The van der Waals surface area contributed by atoms with Crippen molar-refractivity contribution in [3.63, 3.8) is 0 Å². The maximum Gasteiger partial charge on any atom is 0.330 e. The van der Waals surface area contributed by atoms with E-state index >= 15 is 0 Å². The zero-order chi connectivity index (χ0) is 23.5. The number of esters is 1. The fraction of sp³-hybridized carbons (Fsp3) is 0.842. The van der Waals surface area contributed by atoms with Crippen LogP contribution >= 0.6 is 33.3 Å². The molecule has 8 nitrogen and oxygen atoms in total. The van der Waals surface area contributed by atoms with Gasteiger partial charge in [-0.15, -0.1) is 0 Å². The van der Waals surface area contributed by atoms with Crippen LogP contribution in [0.3, 0.4) is 0 Å². The number of nitrogens with one attached hydrogen (secondary N) is 2. The van der Waals surface area contributed by atoms with Crippen molar-refractivity contribution < 1.29 is 24.2 Å². The molecule has 0 heterocycles. The smallest absolute Gasteiger partial charge is 0.330 e. The van der Waals surface area contributed by atoms with Gasteiger partial charge in [-0.05, 0) is 39.2 Å². The molecular weight excluding hydrogens is 446 g/mol. The van der Waals surface area contributed by atoms with E-state index in [1.807, 2.05) is 27.0 Å². The molecule has 0 aromatic rings. The Balaban J connectivity index is 5.10. The van der Waals surface area contributed by atoms with Crippen molar-refractivity contribution in [3.05, 3.63) is 0 Å². The summed E-state index contributed by atoms with van der Waals surface area (Å²) in [5, 5.41) is 14.6. The average Bonchev–Trinajstić information content (AvgIpc) is 2.60. The predicted molar refractivity (Wildman–Crippen MR) is 128 cm³/mol. The van der Waals surface area contributed by atoms with Gasteiger partial charge in [-0.1, -0.05) is 42.4 Å². The Bertz CT molecular complexity index is 565. The molecule has 176 valence electrons. The average molecular weight is 484 g/mol. The number of rotatable bonds is 12. The number of aliphatic hydroxyl groups is 1. The fourth-order valence-electron chi connectivity index (χ4n) is 1.94. The number of nitrogens with two attached hydrogens (primary N) is 1. The number of hydrogen-bond acceptors (Lipinski definition) is 9. The van der Waals surface area contributed by atoms with Gasteiger partial charge in [0.05, 0.1) is 12.6 Å². The third-order valence-corrected chi connectivity index (χ3v) is 7.33. The van der Waals surface area contributed by atoms with E-state index in [-0.39, 0.29) is 10.5 Å². The lowest BCUT2D eigenvalue weighted by Crippen LogP contribution is -2.56. The first-order valence-electron chi connectivity index (χ1n) is 9.69. The number of carbonyl (C=O) groups excluding carboxylic acids is 3. The maximum atomic E-state index is 12.6. The lowest BCUT2D eigenvalue weighted by atomic mass is 10.2. The van der Waals surface area contributed by atoms with Gasteiger partial charge in [0.1, 0.15) is 17.7 Å². The molecule has 2 amide bonds. The van der Waals surface area contributed by atoms with E-state index in [1.165, 1.54) is 10.8 Å². The van der Waals surface area contributed by atoms with E-state index < -0.39 is 48.1 Å². The third kappa shape index (κ3) is 13.6. The van der Waals surface area contributed by atoms with Crippen LogP contribution in [0.25, 0.3) is 0 Å². The van der Waals surface area contributed by atoms with Crippen molar-refractivity contribution in [2.45, 2.75) is 76.4 Å². The van der Waals surface area contributed by atoms with Gasteiger partial charge in [-0.3, -0.25) is 9.59 Å². The molecule has 0 fully saturated rings. The molecule has 0 unspecified atom stereocenters. The summed E-state index contributed by atoms with van der Waals surface area (Å²) in [6.07, 6.45) is 2.36. The van der Waals surface area contributed by atoms with Gasteiger partial charge in [0.25, 0.3) is 0 Å². The van der Waals surface area contributed by atoms with E-state index in [0.717, 1.165) is 0 Å². The van der Waals surface area contributed by atoms with E-state index in [1.54, 1.807) is 43.3 Å². The zero-order valence-corrected chi connectivity index (χ0v) is 21.4. The standard InChI is InChI=1S/C19H37N3O5S3/c1-18(2,3)27-17(26)14(11-29-30-19(4,5)6)22-16(25)13(10-23)21-15(24)12(20)8-9-28-7/h12-14,23H,8-11,20H2,1-7H3,(H,21,24)(H,22,25)/t12-,13-,14-/m0/s1. The van der Waals surface area contributed by atoms with Crippen LogP contribution in [0.15, 0.2) is 0 Å². The highest BCUT2D eigenvalue weighted by Crippen LogP contribution is 2.35. The summed E-state index contributed by atoms with van der Waals surface area (Å²) in [4.78, 5) is 37.4. The summed E-state index contributed by atoms with van der Waals surface area (Å²) in [5.74, 6) is -0.780. The largest absolute Gasteiger partial charge is 0.458 e. The Morgan fingerprint density at radius 3 is 2.07 bits per heavy atom. The summed E-state index contributed by atoms with van der Waals surface area (Å²) in [6.45, 7) is 10.8. The Labute approximate surface area is 192 Å². The molecule has 11 heteroatoms. The van der Waals surface area contributed by atoms with Gasteiger partial charge in [-0.2, -0.15) is 11.8 Å². The van der Waals surface area contributed by atoms with Crippen molar-refractivity contribution in [1.82, 2.24) is 10.6 Å². The summed E-state index contributed by atoms with van der Waals surface area (Å²) in [6, 6.07) is -2.91. The molecular formula is C19H37N3O5S3. The zero-order valence-electron chi connectivity index (χ0n) is 18.9. The number of thioether (sulfide) groups is 1. The highest BCUT2D eigenvalue weighted by molar-refractivity contribution is 8.77. The number of ether oxygens (including phenoxy) is 1. The first-order valence-corrected chi connectivity index (χ1v) is 13.4. The predicted octanol–water partition coefficient (Wildman–Crippen LogP) is 1.55. The van der Waals surface area contributed by atoms with Gasteiger partial charge in [0.15, 0.2) is 0 Å². The van der Waals surface area contributed by atoms with Crippen LogP contribution in [0.2, 0.25) is 0 Å². The fourth-order valence-corrected chi connectivity index (χ4v) is 4.88. The van der Waals surface area contributed by atoms with Gasteiger partial charge in [0.2, 0.25) is 11.8 Å². The molecule has 0 rings (SSSR count). The highest BCUT2D eigenvalue weighted by atomic mass is 33.1. The van der Waals surface area contributed by atoms with E-state index in [0.29, 0.717) is 12.2 Å². The lowest BCUT2D eigenvalue weighted by molar-refractivity contribution is -0.158. The Morgan fingerprint density at radius 1 is 1.03 bits per heavy atom. The molecule has 0 aliphatic rings. The third-order valence-electron chi connectivity index (χ3n) is 3.34. The van der Waals surface area contributed by atoms with E-state index in [2.05, 4.69) is 10.6 Å². The summed E-state index contributed by atoms with van der Waals surface area (Å²) < 4.78 is 5.39. The van der Waals surface area contributed by atoms with E-state index in [4.69, 9.17) is 10.5 Å². The van der Waals surface area contributed by atoms with Crippen molar-refractivity contribution in [1.29, 1.82) is 0 Å². The van der Waals surface area contributed by atoms with Crippen LogP contribution in [-0.4, -0.2) is 75.7 Å². The SMILES string of the molecule is CSCC[C@H](N)C(=O)N[C@@H](CO)C(=O)N[C@@H](CSSC(C)(C)C)C(=O)OC(C)(C)C. The summed E-state index contributed by atoms with van der Waals surface area (Å²) in [5.41, 5.74) is 5.10. The Kier molecular flexibility index (Phi) is 13.4. The first-order chi connectivity index (χ1) is 13.7. The first kappa shape index (κ1) is 29.4. The number of amides is 2. The van der Waals surface area contributed by atoms with Crippen LogP contribution < -0.4 is 16.4 Å². The second-order valence-electron chi connectivity index (χ2n) is 8.71. The van der Waals surface area contributed by atoms with Gasteiger partial charge in [-0.25, -0.2) is 4.79 Å². The van der Waals surface area contributed by atoms with Crippen LogP contribution in [0.1, 0.15) is 48.0 Å². The topological polar surface area (TPSA) is 131 Å². The highest BCUT2D eigenvalue weighted by Gasteiger charge is 2.31. The molecule has 0 aromatic heterocycles. The molecule has 0 aromatic carbocycles. The van der Waals surface area contributed by atoms with Crippen LogP contribution in [0.4, 0.5) is 0 Å². The second kappa shape index (κ2) is 13.7. The van der Waals surface area contributed by atoms with Crippen LogP contribution in [0.5, 0.6) is 0 Å². The Hall–Kier alpha value is -0.620. The molecule has 0 saturated carbocycles. The Morgan fingerprint density at radius 2 is 1.60 bits per heavy atom. The van der Waals surface area contributed by atoms with Gasteiger partial charge < -0.3 is 26.2 Å². The van der Waals surface area contributed by atoms with Crippen molar-refractivity contribution in [2.75, 3.05) is 24.4 Å². The van der Waals surface area contributed by atoms with Crippen molar-refractivity contribution in [2.24, 2.45) is 5.73 Å². The lowest BCUT2D eigenvalue weighted by Gasteiger charge is -2.26. The quantitative estimate of drug-likeness (QED) is 0.241. The van der Waals surface area contributed by atoms with Crippen molar-refractivity contribution in [3.8, 4) is 0 Å². The minimum atomic E-state index is -1.21. The van der Waals surface area contributed by atoms with Crippen LogP contribution in [0, 0.1) is 0 Å². The van der Waals surface area contributed by atoms with Gasteiger partial charge in [0, 0.05) is 10.5 Å². The minimum absolute atomic E-state index is 0.0261. The minimum Gasteiger partial charge on any atom is -0.458 e. The summed E-state index contributed by atoms with van der Waals surface area (Å²) >= 11 is 1.56. The van der Waals surface area contributed by atoms with Crippen molar-refractivity contribution >= 4 is 51.1 Å². The molecule has 0 radical (unpaired) electrons. The second-order valence-corrected chi connectivity index (χ2v) is 12.9. The molecule has 0 aliphatic carbocycles. The van der Waals surface area contributed by atoms with Gasteiger partial charge >= 0.3 is 5.97 Å². The number of carbonyl (C=O) groups is 3. The molecule has 3 atom stereocenters. The normalized spacial score (nSPS) is 15.1. The van der Waals surface area contributed by atoms with Crippen LogP contribution in [-0.2, 0) is 19.1 Å². The monoisotopic (exact) mass is 483 g/mol. The number of aliphatic hydroxyl groups excluding tert-OH is 1. The van der Waals surface area contributed by atoms with E-state index in [9.17, 15) is 19.5 Å². The molecule has 0 bridgehead atoms. The molecule has 0 saturated heterocycles. The number of hydrogen-bond donors (Lipinski definition) is 4. The summed E-state index contributed by atoms with van der Waals surface area (Å²) in [7, 11) is 3.02. The molecule has 0 spiro atoms.